The molecule has 1 saturated heterocycles. The minimum Gasteiger partial charge on any atom is -0.444 e. The molecule has 0 spiro atoms. The van der Waals surface area contributed by atoms with E-state index < -0.39 is 50.6 Å². The van der Waals surface area contributed by atoms with Gasteiger partial charge in [0.25, 0.3) is 0 Å². The van der Waals surface area contributed by atoms with Crippen LogP contribution in [0.4, 0.5) is 13.6 Å². The highest BCUT2D eigenvalue weighted by Crippen LogP contribution is 2.36. The lowest BCUT2D eigenvalue weighted by Gasteiger charge is -2.40. The van der Waals surface area contributed by atoms with E-state index in [9.17, 15) is 22.0 Å². The van der Waals surface area contributed by atoms with Gasteiger partial charge in [0, 0.05) is 31.7 Å². The molecular formula is C25H34F2N4O5S. The molecular weight excluding hydrogens is 506 g/mol. The second kappa shape index (κ2) is 9.95. The Bertz CT molecular complexity index is 1290. The van der Waals surface area contributed by atoms with Crippen molar-refractivity contribution in [1.82, 2.24) is 19.8 Å². The standard InChI is InChI=1S/C25H34F2N4O5S/c1-14(2)37(33,34)23-28-20-11-31(12-21(20)30(23)6)16-10-19(29-24(32)36-25(3,4)5)22(35-13-16)17-9-15(26)7-8-18(17)27/h7-9,14,16,19,22H,10-13H2,1-6H3,(H,29,32)/t16-,19+,22-/m1/s1. The van der Waals surface area contributed by atoms with E-state index in [4.69, 9.17) is 9.47 Å². The lowest BCUT2D eigenvalue weighted by molar-refractivity contribution is -0.0631. The first kappa shape index (κ1) is 27.5. The number of nitrogens with one attached hydrogen (secondary N) is 1. The molecule has 1 fully saturated rings. The third-order valence-electron chi connectivity index (χ3n) is 6.68. The fraction of sp³-hybridized carbons (Fsp3) is 0.600. The number of hydrogen-bond acceptors (Lipinski definition) is 7. The van der Waals surface area contributed by atoms with Crippen molar-refractivity contribution in [3.63, 3.8) is 0 Å². The van der Waals surface area contributed by atoms with Gasteiger partial charge in [0.1, 0.15) is 23.3 Å². The number of alkyl carbamates (subject to hydrolysis) is 1. The number of benzene rings is 1. The van der Waals surface area contributed by atoms with Gasteiger partial charge < -0.3 is 19.4 Å². The minimum atomic E-state index is -3.53. The van der Waals surface area contributed by atoms with Crippen molar-refractivity contribution in [3.8, 4) is 0 Å². The van der Waals surface area contributed by atoms with E-state index in [0.29, 0.717) is 25.2 Å². The van der Waals surface area contributed by atoms with Gasteiger partial charge in [0.2, 0.25) is 15.0 Å². The van der Waals surface area contributed by atoms with E-state index in [1.54, 1.807) is 46.2 Å². The molecule has 3 atom stereocenters. The highest BCUT2D eigenvalue weighted by atomic mass is 32.2. The van der Waals surface area contributed by atoms with E-state index >= 15 is 0 Å². The normalized spacial score (nSPS) is 22.8. The fourth-order valence-corrected chi connectivity index (χ4v) is 5.91. The topological polar surface area (TPSA) is 103 Å². The van der Waals surface area contributed by atoms with Crippen LogP contribution in [-0.2, 0) is 39.4 Å². The summed E-state index contributed by atoms with van der Waals surface area (Å²) in [7, 11) is -1.84. The summed E-state index contributed by atoms with van der Waals surface area (Å²) >= 11 is 0. The zero-order valence-electron chi connectivity index (χ0n) is 21.9. The number of rotatable bonds is 5. The second-order valence-corrected chi connectivity index (χ2v) is 13.3. The molecule has 0 radical (unpaired) electrons. The molecule has 204 valence electrons. The first-order chi connectivity index (χ1) is 17.2. The number of ether oxygens (including phenoxy) is 2. The summed E-state index contributed by atoms with van der Waals surface area (Å²) in [5.41, 5.74) is 0.759. The molecule has 1 aromatic carbocycles. The average molecular weight is 541 g/mol. The Morgan fingerprint density at radius 2 is 1.95 bits per heavy atom. The Balaban J connectivity index is 1.55. The van der Waals surface area contributed by atoms with Crippen LogP contribution in [0.15, 0.2) is 23.4 Å². The Hall–Kier alpha value is -2.57. The third kappa shape index (κ3) is 5.65. The largest absolute Gasteiger partial charge is 0.444 e. The number of nitrogens with zero attached hydrogens (tertiary/aromatic N) is 3. The highest BCUT2D eigenvalue weighted by molar-refractivity contribution is 7.91. The zero-order valence-corrected chi connectivity index (χ0v) is 22.7. The van der Waals surface area contributed by atoms with E-state index in [0.717, 1.165) is 23.9 Å². The van der Waals surface area contributed by atoms with Crippen molar-refractivity contribution in [2.75, 3.05) is 6.61 Å². The van der Waals surface area contributed by atoms with E-state index in [1.165, 1.54) is 0 Å². The number of hydrogen-bond donors (Lipinski definition) is 1. The maximum atomic E-state index is 14.6. The fourth-order valence-electron chi connectivity index (χ4n) is 4.75. The molecule has 9 nitrogen and oxygen atoms in total. The third-order valence-corrected chi connectivity index (χ3v) is 8.79. The molecule has 4 rings (SSSR count). The average Bonchev–Trinajstić information content (AvgIpc) is 3.34. The highest BCUT2D eigenvalue weighted by Gasteiger charge is 2.41. The van der Waals surface area contributed by atoms with Gasteiger partial charge in [0.15, 0.2) is 0 Å². The summed E-state index contributed by atoms with van der Waals surface area (Å²) < 4.78 is 67.0. The summed E-state index contributed by atoms with van der Waals surface area (Å²) in [6.45, 7) is 9.50. The summed E-state index contributed by atoms with van der Waals surface area (Å²) in [5, 5.41) is 2.26. The molecule has 3 heterocycles. The number of halogens is 2. The second-order valence-electron chi connectivity index (χ2n) is 10.9. The van der Waals surface area contributed by atoms with Gasteiger partial charge >= 0.3 is 6.09 Å². The summed E-state index contributed by atoms with van der Waals surface area (Å²) in [6, 6.07) is 2.26. The SMILES string of the molecule is CC(C)S(=O)(=O)c1nc2c(n1C)CN([C@H]1CO[C@H](c3cc(F)ccc3F)[C@@H](NC(=O)OC(C)(C)C)C1)C2. The van der Waals surface area contributed by atoms with Gasteiger partial charge in [-0.25, -0.2) is 27.0 Å². The van der Waals surface area contributed by atoms with Gasteiger partial charge in [-0.05, 0) is 59.2 Å². The molecule has 2 aliphatic heterocycles. The van der Waals surface area contributed by atoms with Gasteiger partial charge in [0.05, 0.1) is 29.3 Å². The monoisotopic (exact) mass is 540 g/mol. The zero-order chi connectivity index (χ0) is 27.3. The van der Waals surface area contributed by atoms with Crippen molar-refractivity contribution in [3.05, 3.63) is 46.8 Å². The smallest absolute Gasteiger partial charge is 0.407 e. The van der Waals surface area contributed by atoms with Gasteiger partial charge in [-0.3, -0.25) is 4.90 Å². The number of fused-ring (bicyclic) bond motifs is 1. The van der Waals surface area contributed by atoms with Gasteiger partial charge in [-0.15, -0.1) is 0 Å². The van der Waals surface area contributed by atoms with Crippen molar-refractivity contribution < 1.29 is 31.5 Å². The molecule has 1 aromatic heterocycles. The number of amides is 1. The molecule has 0 unspecified atom stereocenters. The first-order valence-corrected chi connectivity index (χ1v) is 13.8. The molecule has 0 aliphatic carbocycles. The minimum absolute atomic E-state index is 0.0226. The molecule has 0 saturated carbocycles. The number of carbonyl (C=O) groups excluding carboxylic acids is 1. The Morgan fingerprint density at radius 1 is 1.24 bits per heavy atom. The predicted octanol–water partition coefficient (Wildman–Crippen LogP) is 3.62. The molecule has 0 bridgehead atoms. The molecule has 2 aliphatic rings. The van der Waals surface area contributed by atoms with Crippen molar-refractivity contribution in [2.45, 2.75) is 88.3 Å². The maximum Gasteiger partial charge on any atom is 0.407 e. The molecule has 37 heavy (non-hydrogen) atoms. The molecule has 1 amide bonds. The number of aromatic nitrogens is 2. The van der Waals surface area contributed by atoms with Crippen LogP contribution in [0, 0.1) is 11.6 Å². The van der Waals surface area contributed by atoms with Crippen LogP contribution in [0.2, 0.25) is 0 Å². The molecule has 1 N–H and O–H groups in total. The predicted molar refractivity (Wildman–Crippen MR) is 131 cm³/mol. The van der Waals surface area contributed by atoms with Gasteiger partial charge in [-0.1, -0.05) is 0 Å². The summed E-state index contributed by atoms with van der Waals surface area (Å²) in [4.78, 5) is 19.1. The van der Waals surface area contributed by atoms with Crippen LogP contribution < -0.4 is 5.32 Å². The van der Waals surface area contributed by atoms with Crippen molar-refractivity contribution >= 4 is 15.9 Å². The van der Waals surface area contributed by atoms with Crippen LogP contribution >= 0.6 is 0 Å². The summed E-state index contributed by atoms with van der Waals surface area (Å²) in [5.74, 6) is -1.23. The summed E-state index contributed by atoms with van der Waals surface area (Å²) in [6.07, 6.45) is -1.21. The van der Waals surface area contributed by atoms with E-state index in [1.807, 2.05) is 0 Å². The van der Waals surface area contributed by atoms with Gasteiger partial charge in [-0.2, -0.15) is 0 Å². The molecule has 2 aromatic rings. The van der Waals surface area contributed by atoms with Crippen LogP contribution in [0.5, 0.6) is 0 Å². The van der Waals surface area contributed by atoms with Crippen LogP contribution in [0.1, 0.15) is 64.1 Å². The van der Waals surface area contributed by atoms with E-state index in [2.05, 4.69) is 15.2 Å². The number of carbonyl (C=O) groups is 1. The number of imidazole rings is 1. The Labute approximate surface area is 216 Å². The lowest BCUT2D eigenvalue weighted by Crippen LogP contribution is -2.52. The Morgan fingerprint density at radius 3 is 2.57 bits per heavy atom. The van der Waals surface area contributed by atoms with Crippen molar-refractivity contribution in [2.24, 2.45) is 7.05 Å². The first-order valence-electron chi connectivity index (χ1n) is 12.3. The van der Waals surface area contributed by atoms with Crippen molar-refractivity contribution in [1.29, 1.82) is 0 Å². The Kier molecular flexibility index (Phi) is 7.39. The molecule has 12 heteroatoms. The van der Waals surface area contributed by atoms with Crippen LogP contribution in [-0.4, -0.2) is 58.5 Å². The maximum absolute atomic E-state index is 14.6. The number of sulfone groups is 1. The van der Waals surface area contributed by atoms with Crippen LogP contribution in [0.25, 0.3) is 0 Å². The van der Waals surface area contributed by atoms with Crippen LogP contribution in [0.3, 0.4) is 0 Å². The van der Waals surface area contributed by atoms with E-state index in [-0.39, 0.29) is 23.4 Å². The lowest BCUT2D eigenvalue weighted by atomic mass is 9.92. The quantitative estimate of drug-likeness (QED) is 0.618.